The number of hydrogen-bond donors (Lipinski definition) is 1. The Labute approximate surface area is 113 Å². The van der Waals surface area contributed by atoms with E-state index in [1.165, 1.54) is 0 Å². The highest BCUT2D eigenvalue weighted by Gasteiger charge is 2.07. The van der Waals surface area contributed by atoms with Gasteiger partial charge in [0.1, 0.15) is 0 Å². The average Bonchev–Trinajstić information content (AvgIpc) is 2.78. The molecule has 0 aliphatic heterocycles. The van der Waals surface area contributed by atoms with Crippen LogP contribution in [-0.2, 0) is 13.6 Å². The lowest BCUT2D eigenvalue weighted by atomic mass is 10.2. The fourth-order valence-electron chi connectivity index (χ4n) is 1.87. The molecule has 1 aromatic carbocycles. The first-order chi connectivity index (χ1) is 9.11. The number of hydrogen-bond acceptors (Lipinski definition) is 4. The Morgan fingerprint density at radius 2 is 2.00 bits per heavy atom. The van der Waals surface area contributed by atoms with Gasteiger partial charge in [-0.15, -0.1) is 0 Å². The van der Waals surface area contributed by atoms with Gasteiger partial charge in [0, 0.05) is 26.8 Å². The minimum Gasteiger partial charge on any atom is -0.379 e. The van der Waals surface area contributed by atoms with Crippen molar-refractivity contribution < 1.29 is 0 Å². The molecule has 0 aliphatic rings. The van der Waals surface area contributed by atoms with E-state index >= 15 is 0 Å². The van der Waals surface area contributed by atoms with Gasteiger partial charge in [-0.3, -0.25) is 0 Å². The highest BCUT2D eigenvalue weighted by atomic mass is 15.3. The Bertz CT molecular complexity index is 589. The van der Waals surface area contributed by atoms with Crippen molar-refractivity contribution in [3.63, 3.8) is 0 Å². The van der Waals surface area contributed by atoms with Gasteiger partial charge in [-0.1, -0.05) is 0 Å². The average molecular weight is 255 g/mol. The summed E-state index contributed by atoms with van der Waals surface area (Å²) in [5.74, 6) is 0.927. The normalized spacial score (nSPS) is 10.0. The van der Waals surface area contributed by atoms with Gasteiger partial charge in [-0.2, -0.15) is 5.26 Å². The Morgan fingerprint density at radius 3 is 2.53 bits per heavy atom. The zero-order chi connectivity index (χ0) is 13.8. The first-order valence-corrected chi connectivity index (χ1v) is 6.04. The van der Waals surface area contributed by atoms with Crippen LogP contribution in [-0.4, -0.2) is 23.6 Å². The van der Waals surface area contributed by atoms with E-state index < -0.39 is 0 Å². The van der Waals surface area contributed by atoms with Crippen LogP contribution in [0.25, 0.3) is 0 Å². The van der Waals surface area contributed by atoms with Gasteiger partial charge < -0.3 is 14.8 Å². The molecule has 0 aliphatic carbocycles. The predicted molar refractivity (Wildman–Crippen MR) is 76.0 cm³/mol. The summed E-state index contributed by atoms with van der Waals surface area (Å²) in [6, 6.07) is 9.52. The first kappa shape index (κ1) is 13.0. The summed E-state index contributed by atoms with van der Waals surface area (Å²) in [7, 11) is 5.94. The molecule has 1 heterocycles. The van der Waals surface area contributed by atoms with E-state index in [4.69, 9.17) is 5.26 Å². The third kappa shape index (κ3) is 2.86. The summed E-state index contributed by atoms with van der Waals surface area (Å²) in [5.41, 5.74) is 2.76. The third-order valence-corrected chi connectivity index (χ3v) is 2.95. The molecule has 0 saturated heterocycles. The number of imidazole rings is 1. The number of nitrogens with zero attached hydrogens (tertiary/aromatic N) is 4. The predicted octanol–water partition coefficient (Wildman–Crippen LogP) is 1.97. The molecule has 2 aromatic rings. The number of nitriles is 1. The Morgan fingerprint density at radius 1 is 1.32 bits per heavy atom. The summed E-state index contributed by atoms with van der Waals surface area (Å²) in [6.45, 7) is 0.698. The molecular formula is C14H17N5. The number of aromatic nitrogens is 2. The van der Waals surface area contributed by atoms with E-state index in [0.717, 1.165) is 17.3 Å². The highest BCUT2D eigenvalue weighted by Crippen LogP contribution is 2.14. The van der Waals surface area contributed by atoms with Crippen LogP contribution in [0.4, 0.5) is 11.6 Å². The maximum absolute atomic E-state index is 8.74. The maximum atomic E-state index is 8.74. The molecule has 98 valence electrons. The monoisotopic (exact) mass is 255 g/mol. The molecule has 2 rings (SSSR count). The van der Waals surface area contributed by atoms with Gasteiger partial charge >= 0.3 is 0 Å². The maximum Gasteiger partial charge on any atom is 0.204 e. The summed E-state index contributed by atoms with van der Waals surface area (Å²) in [4.78, 5) is 6.34. The zero-order valence-electron chi connectivity index (χ0n) is 11.4. The Kier molecular flexibility index (Phi) is 3.71. The molecule has 19 heavy (non-hydrogen) atoms. The molecule has 0 radical (unpaired) electrons. The Balaban J connectivity index is 2.04. The van der Waals surface area contributed by atoms with Crippen LogP contribution in [0.2, 0.25) is 0 Å². The molecule has 0 saturated carbocycles. The molecule has 0 atom stereocenters. The lowest BCUT2D eigenvalue weighted by Gasteiger charge is -2.13. The van der Waals surface area contributed by atoms with Crippen molar-refractivity contribution >= 4 is 11.6 Å². The second-order valence-corrected chi connectivity index (χ2v) is 4.55. The minimum atomic E-state index is 0.668. The summed E-state index contributed by atoms with van der Waals surface area (Å²) >= 11 is 0. The molecule has 0 unspecified atom stereocenters. The van der Waals surface area contributed by atoms with Crippen LogP contribution in [0.15, 0.2) is 30.5 Å². The summed E-state index contributed by atoms with van der Waals surface area (Å²) < 4.78 is 2.05. The fourth-order valence-corrected chi connectivity index (χ4v) is 1.87. The SMILES string of the molecule is CN(C)c1ncc(CNc2ccc(C#N)cc2)n1C. The van der Waals surface area contributed by atoms with Crippen LogP contribution in [0, 0.1) is 11.3 Å². The van der Waals surface area contributed by atoms with Crippen molar-refractivity contribution in [1.82, 2.24) is 9.55 Å². The van der Waals surface area contributed by atoms with Crippen molar-refractivity contribution in [3.05, 3.63) is 41.7 Å². The molecule has 1 aromatic heterocycles. The first-order valence-electron chi connectivity index (χ1n) is 6.04. The van der Waals surface area contributed by atoms with Gasteiger partial charge in [0.25, 0.3) is 0 Å². The topological polar surface area (TPSA) is 56.9 Å². The third-order valence-electron chi connectivity index (χ3n) is 2.95. The van der Waals surface area contributed by atoms with Crippen molar-refractivity contribution in [3.8, 4) is 6.07 Å². The van der Waals surface area contributed by atoms with Crippen LogP contribution >= 0.6 is 0 Å². The number of anilines is 2. The number of nitrogens with one attached hydrogen (secondary N) is 1. The van der Waals surface area contributed by atoms with E-state index in [2.05, 4.69) is 20.9 Å². The van der Waals surface area contributed by atoms with Crippen molar-refractivity contribution in [1.29, 1.82) is 5.26 Å². The Hall–Kier alpha value is -2.48. The van der Waals surface area contributed by atoms with Crippen molar-refractivity contribution in [2.24, 2.45) is 7.05 Å². The lowest BCUT2D eigenvalue weighted by Crippen LogP contribution is -2.15. The highest BCUT2D eigenvalue weighted by molar-refractivity contribution is 5.47. The van der Waals surface area contributed by atoms with Gasteiger partial charge in [0.05, 0.1) is 30.1 Å². The van der Waals surface area contributed by atoms with Crippen LogP contribution in [0.5, 0.6) is 0 Å². The molecule has 5 heteroatoms. The van der Waals surface area contributed by atoms with Crippen molar-refractivity contribution in [2.75, 3.05) is 24.3 Å². The molecule has 1 N–H and O–H groups in total. The van der Waals surface area contributed by atoms with Crippen LogP contribution in [0.3, 0.4) is 0 Å². The smallest absolute Gasteiger partial charge is 0.204 e. The van der Waals surface area contributed by atoms with Crippen LogP contribution < -0.4 is 10.2 Å². The molecule has 5 nitrogen and oxygen atoms in total. The van der Waals surface area contributed by atoms with E-state index in [9.17, 15) is 0 Å². The quantitative estimate of drug-likeness (QED) is 0.907. The zero-order valence-corrected chi connectivity index (χ0v) is 11.4. The van der Waals surface area contributed by atoms with Gasteiger partial charge in [0.2, 0.25) is 5.95 Å². The summed E-state index contributed by atoms with van der Waals surface area (Å²) in [6.07, 6.45) is 1.87. The van der Waals surface area contributed by atoms with E-state index in [0.29, 0.717) is 12.1 Å². The fraction of sp³-hybridized carbons (Fsp3) is 0.286. The van der Waals surface area contributed by atoms with Crippen molar-refractivity contribution in [2.45, 2.75) is 6.54 Å². The summed E-state index contributed by atoms with van der Waals surface area (Å²) in [5, 5.41) is 12.1. The number of benzene rings is 1. The molecule has 0 fully saturated rings. The van der Waals surface area contributed by atoms with E-state index in [1.807, 2.05) is 44.4 Å². The van der Waals surface area contributed by atoms with Gasteiger partial charge in [0.15, 0.2) is 0 Å². The molecular weight excluding hydrogens is 238 g/mol. The van der Waals surface area contributed by atoms with Gasteiger partial charge in [-0.25, -0.2) is 4.98 Å². The lowest BCUT2D eigenvalue weighted by molar-refractivity contribution is 0.814. The second-order valence-electron chi connectivity index (χ2n) is 4.55. The minimum absolute atomic E-state index is 0.668. The van der Waals surface area contributed by atoms with E-state index in [1.54, 1.807) is 12.1 Å². The molecule has 0 spiro atoms. The molecule has 0 amide bonds. The number of rotatable bonds is 4. The van der Waals surface area contributed by atoms with E-state index in [-0.39, 0.29) is 0 Å². The largest absolute Gasteiger partial charge is 0.379 e. The van der Waals surface area contributed by atoms with Gasteiger partial charge in [-0.05, 0) is 24.3 Å². The molecule has 0 bridgehead atoms. The second kappa shape index (κ2) is 5.44. The van der Waals surface area contributed by atoms with Crippen LogP contribution in [0.1, 0.15) is 11.3 Å². The standard InChI is InChI=1S/C14H17N5/c1-18(2)14-17-10-13(19(14)3)9-16-12-6-4-11(8-15)5-7-12/h4-7,10,16H,9H2,1-3H3.